The Labute approximate surface area is 241 Å². The molecule has 6 nitrogen and oxygen atoms in total. The molecule has 0 aliphatic heterocycles. The van der Waals surface area contributed by atoms with E-state index >= 15 is 0 Å². The second-order valence-corrected chi connectivity index (χ2v) is 9.24. The number of nitrogens with two attached hydrogens (primary N) is 1. The van der Waals surface area contributed by atoms with E-state index in [-0.39, 0.29) is 17.4 Å². The highest BCUT2D eigenvalue weighted by Crippen LogP contribution is 2.25. The van der Waals surface area contributed by atoms with Crippen molar-refractivity contribution < 1.29 is 14.6 Å². The molecule has 3 rings (SSSR count). The molecule has 0 atom stereocenters. The average Bonchev–Trinajstić information content (AvgIpc) is 2.95. The molecule has 0 saturated carbocycles. The number of nitrogens with zero attached hydrogens (tertiary/aromatic N) is 1. The maximum Gasteiger partial charge on any atom is 0.269 e. The van der Waals surface area contributed by atoms with Gasteiger partial charge in [-0.05, 0) is 86.2 Å². The second kappa shape index (κ2) is 19.1. The average molecular weight is 546 g/mol. The van der Waals surface area contributed by atoms with Gasteiger partial charge in [0.05, 0.1) is 5.69 Å². The number of benzene rings is 3. The number of aryl methyl sites for hydroxylation is 3. The summed E-state index contributed by atoms with van der Waals surface area (Å²) in [6, 6.07) is 19.6. The van der Waals surface area contributed by atoms with Crippen LogP contribution in [0.25, 0.3) is 0 Å². The molecule has 0 fully saturated rings. The number of hydrogen-bond donors (Lipinski definition) is 3. The topological polar surface area (TPSA) is 96.9 Å². The number of carbonyl (C=O) groups is 1. The second-order valence-electron chi connectivity index (χ2n) is 9.24. The largest absolute Gasteiger partial charge is 0.506 e. The first kappa shape index (κ1) is 34.0. The van der Waals surface area contributed by atoms with Gasteiger partial charge in [0.2, 0.25) is 0 Å². The first-order valence-corrected chi connectivity index (χ1v) is 14.1. The van der Waals surface area contributed by atoms with Crippen LogP contribution in [-0.4, -0.2) is 17.2 Å². The molecule has 0 spiro atoms. The Balaban J connectivity index is 0.000000555. The van der Waals surface area contributed by atoms with Gasteiger partial charge in [0.1, 0.15) is 22.9 Å². The maximum absolute atomic E-state index is 11.8. The lowest BCUT2D eigenvalue weighted by atomic mass is 10.1. The van der Waals surface area contributed by atoms with Gasteiger partial charge in [0.15, 0.2) is 0 Å². The monoisotopic (exact) mass is 545 g/mol. The molecule has 0 saturated heterocycles. The van der Waals surface area contributed by atoms with Gasteiger partial charge in [-0.15, -0.1) is 0 Å². The fraction of sp³-hybridized carbons (Fsp3) is 0.353. The van der Waals surface area contributed by atoms with Gasteiger partial charge >= 0.3 is 0 Å². The third-order valence-electron chi connectivity index (χ3n) is 5.89. The fourth-order valence-corrected chi connectivity index (χ4v) is 3.79. The summed E-state index contributed by atoms with van der Waals surface area (Å²) in [7, 11) is 0. The molecular formula is C34H47N3O3. The molecule has 40 heavy (non-hydrogen) atoms. The van der Waals surface area contributed by atoms with Crippen molar-refractivity contribution in [2.24, 2.45) is 4.99 Å². The van der Waals surface area contributed by atoms with E-state index in [9.17, 15) is 4.79 Å². The summed E-state index contributed by atoms with van der Waals surface area (Å²) >= 11 is 0. The summed E-state index contributed by atoms with van der Waals surface area (Å²) in [5, 5.41) is 12.0. The van der Waals surface area contributed by atoms with Gasteiger partial charge in [-0.25, -0.2) is 0 Å². The summed E-state index contributed by atoms with van der Waals surface area (Å²) < 4.78 is 5.98. The lowest BCUT2D eigenvalue weighted by Gasteiger charge is -2.09. The number of nitrogens with one attached hydrogen (secondary N) is 1. The number of carbonyl (C=O) groups excluding carboxylic acids is 1. The highest BCUT2D eigenvalue weighted by atomic mass is 16.5. The van der Waals surface area contributed by atoms with Crippen molar-refractivity contribution in [3.8, 4) is 17.2 Å². The molecule has 6 heteroatoms. The Morgan fingerprint density at radius 2 is 1.70 bits per heavy atom. The van der Waals surface area contributed by atoms with Gasteiger partial charge in [-0.2, -0.15) is 0 Å². The summed E-state index contributed by atoms with van der Waals surface area (Å²) in [5.74, 6) is 1.53. The number of aliphatic imine (C=N–C) groups is 1. The van der Waals surface area contributed by atoms with Gasteiger partial charge in [0.25, 0.3) is 5.91 Å². The molecule has 4 N–H and O–H groups in total. The SMILES string of the molecule is C=C(N=CC)C(=O)NCc1ccc(Oc2cccc(CCCCCC)c2)cc1.CC.Cc1cc(C)c(N)c(O)c1. The van der Waals surface area contributed by atoms with Crippen LogP contribution in [0.4, 0.5) is 5.69 Å². The number of phenols is 1. The van der Waals surface area contributed by atoms with Crippen LogP contribution in [0, 0.1) is 13.8 Å². The van der Waals surface area contributed by atoms with Crippen molar-refractivity contribution in [3.05, 3.63) is 95.2 Å². The number of nitrogen functional groups attached to an aromatic ring is 1. The Hall–Kier alpha value is -4.06. The van der Waals surface area contributed by atoms with Crippen LogP contribution < -0.4 is 15.8 Å². The van der Waals surface area contributed by atoms with Crippen molar-refractivity contribution in [2.45, 2.75) is 80.2 Å². The first-order chi connectivity index (χ1) is 19.2. The smallest absolute Gasteiger partial charge is 0.269 e. The van der Waals surface area contributed by atoms with E-state index in [0.717, 1.165) is 34.6 Å². The van der Waals surface area contributed by atoms with E-state index in [0.29, 0.717) is 12.2 Å². The molecule has 1 amide bonds. The standard InChI is InChI=1S/C24H30N2O2.C8H11NO.C2H6/c1-4-6-7-8-10-20-11-9-12-23(17-20)28-22-15-13-21(14-16-22)18-26-24(27)19(3)25-5-2;1-5-3-6(2)8(9)7(10)4-5;1-2/h5,9,11-17H,3-4,6-8,10,18H2,1-2H3,(H,26,27);3-4,10H,9H2,1-2H3;1-2H3. The number of phenolic OH excluding ortho intramolecular Hbond substituents is 1. The molecular weight excluding hydrogens is 498 g/mol. The number of ether oxygens (including phenoxy) is 1. The summed E-state index contributed by atoms with van der Waals surface area (Å²) in [5.41, 5.74) is 10.4. The predicted molar refractivity (Wildman–Crippen MR) is 169 cm³/mol. The van der Waals surface area contributed by atoms with Gasteiger partial charge in [0, 0.05) is 12.8 Å². The normalized spacial score (nSPS) is 10.2. The molecule has 0 aromatic heterocycles. The summed E-state index contributed by atoms with van der Waals surface area (Å²) in [4.78, 5) is 15.7. The molecule has 0 bridgehead atoms. The third kappa shape index (κ3) is 12.7. The van der Waals surface area contributed by atoms with Crippen LogP contribution >= 0.6 is 0 Å². The first-order valence-electron chi connectivity index (χ1n) is 14.1. The van der Waals surface area contributed by atoms with Gasteiger partial charge in [-0.3, -0.25) is 9.79 Å². The molecule has 0 radical (unpaired) electrons. The Morgan fingerprint density at radius 1 is 1.00 bits per heavy atom. The molecule has 216 valence electrons. The molecule has 3 aromatic carbocycles. The van der Waals surface area contributed by atoms with Gasteiger partial charge in [-0.1, -0.05) is 76.9 Å². The number of amides is 1. The number of aromatic hydroxyl groups is 1. The van der Waals surface area contributed by atoms with Crippen molar-refractivity contribution in [2.75, 3.05) is 5.73 Å². The van der Waals surface area contributed by atoms with E-state index in [4.69, 9.17) is 15.6 Å². The van der Waals surface area contributed by atoms with Crippen LogP contribution in [0.1, 0.15) is 75.6 Å². The molecule has 0 unspecified atom stereocenters. The van der Waals surface area contributed by atoms with Crippen LogP contribution in [-0.2, 0) is 17.8 Å². The lowest BCUT2D eigenvalue weighted by Crippen LogP contribution is -2.23. The summed E-state index contributed by atoms with van der Waals surface area (Å²) in [6.45, 7) is 15.8. The molecule has 0 heterocycles. The van der Waals surface area contributed by atoms with E-state index in [2.05, 4.69) is 35.9 Å². The predicted octanol–water partition coefficient (Wildman–Crippen LogP) is 8.44. The Morgan fingerprint density at radius 3 is 2.33 bits per heavy atom. The van der Waals surface area contributed by atoms with Gasteiger partial charge < -0.3 is 20.9 Å². The number of hydrogen-bond acceptors (Lipinski definition) is 5. The van der Waals surface area contributed by atoms with Crippen molar-refractivity contribution in [3.63, 3.8) is 0 Å². The van der Waals surface area contributed by atoms with E-state index in [1.165, 1.54) is 31.2 Å². The minimum atomic E-state index is -0.269. The van der Waals surface area contributed by atoms with Crippen LogP contribution in [0.2, 0.25) is 0 Å². The van der Waals surface area contributed by atoms with Crippen LogP contribution in [0.15, 0.2) is 77.9 Å². The van der Waals surface area contributed by atoms with Crippen LogP contribution in [0.3, 0.4) is 0 Å². The molecule has 0 aliphatic rings. The highest BCUT2D eigenvalue weighted by Gasteiger charge is 2.05. The minimum Gasteiger partial charge on any atom is -0.506 e. The zero-order valence-corrected chi connectivity index (χ0v) is 25.1. The lowest BCUT2D eigenvalue weighted by molar-refractivity contribution is -0.117. The maximum atomic E-state index is 11.8. The van der Waals surface area contributed by atoms with Crippen LogP contribution in [0.5, 0.6) is 17.2 Å². The Kier molecular flexibility index (Phi) is 16.2. The van der Waals surface area contributed by atoms with E-state index in [1.54, 1.807) is 19.2 Å². The number of unbranched alkanes of at least 4 members (excludes halogenated alkanes) is 3. The third-order valence-corrected chi connectivity index (χ3v) is 5.89. The quantitative estimate of drug-likeness (QED) is 0.0740. The van der Waals surface area contributed by atoms with Crippen molar-refractivity contribution in [1.82, 2.24) is 5.32 Å². The number of rotatable bonds is 11. The number of anilines is 1. The zero-order chi connectivity index (χ0) is 29.9. The highest BCUT2D eigenvalue weighted by molar-refractivity contribution is 5.93. The van der Waals surface area contributed by atoms with Crippen molar-refractivity contribution in [1.29, 1.82) is 0 Å². The Bertz CT molecular complexity index is 1190. The molecule has 0 aliphatic carbocycles. The fourth-order valence-electron chi connectivity index (χ4n) is 3.79. The zero-order valence-electron chi connectivity index (χ0n) is 25.1. The molecule has 3 aromatic rings. The van der Waals surface area contributed by atoms with Crippen molar-refractivity contribution >= 4 is 17.8 Å². The minimum absolute atomic E-state index is 0.178. The van der Waals surface area contributed by atoms with E-state index < -0.39 is 0 Å². The van der Waals surface area contributed by atoms with E-state index in [1.807, 2.05) is 70.2 Å². The summed E-state index contributed by atoms with van der Waals surface area (Å²) in [6.07, 6.45) is 7.68.